The lowest BCUT2D eigenvalue weighted by atomic mass is 10.6. The Balaban J connectivity index is -0.0000000142. The van der Waals surface area contributed by atoms with E-state index < -0.39 is 5.97 Å². The van der Waals surface area contributed by atoms with E-state index in [9.17, 15) is 9.59 Å². The van der Waals surface area contributed by atoms with E-state index in [2.05, 4.69) is 79.2 Å². The summed E-state index contributed by atoms with van der Waals surface area (Å²) >= 11 is 6.45. The molecule has 0 aliphatic heterocycles. The van der Waals surface area contributed by atoms with E-state index in [4.69, 9.17) is 9.90 Å². The average molecular weight is 681 g/mol. The molecule has 10 heteroatoms. The maximum atomic E-state index is 9.44. The zero-order valence-electron chi connectivity index (χ0n) is 16.2. The quantitative estimate of drug-likeness (QED) is 0.224. The number of alkyl halides is 3. The molecule has 0 aliphatic carbocycles. The van der Waals surface area contributed by atoms with E-state index in [-0.39, 0.29) is 17.7 Å². The van der Waals surface area contributed by atoms with Crippen LogP contribution in [0.25, 0.3) is 0 Å². The van der Waals surface area contributed by atoms with Crippen molar-refractivity contribution in [2.45, 2.75) is 34.6 Å². The molecule has 7 nitrogen and oxygen atoms in total. The summed E-state index contributed by atoms with van der Waals surface area (Å²) in [7, 11) is 3.00. The number of Topliss-reactive ketones (excluding diaryl/α,β-unsaturated/α-hetero) is 2. The number of aliphatic carboxylic acids is 1. The van der Waals surface area contributed by atoms with Gasteiger partial charge in [0.25, 0.3) is 5.97 Å². The Morgan fingerprint density at radius 3 is 0.609 bits per heavy atom. The molecule has 150 valence electrons. The molecule has 0 unspecified atom stereocenters. The van der Waals surface area contributed by atoms with E-state index in [1.807, 2.05) is 14.8 Å². The Labute approximate surface area is 184 Å². The first-order valence-corrected chi connectivity index (χ1v) is 12.1. The Morgan fingerprint density at radius 2 is 0.609 bits per heavy atom. The molecule has 0 saturated heterocycles. The van der Waals surface area contributed by atoms with E-state index in [0.717, 1.165) is 6.92 Å². The predicted molar refractivity (Wildman–Crippen MR) is 131 cm³/mol. The second kappa shape index (κ2) is 112. The first kappa shape index (κ1) is 56.5. The van der Waals surface area contributed by atoms with Crippen molar-refractivity contribution in [1.82, 2.24) is 6.15 Å². The molecule has 0 aromatic heterocycles. The maximum absolute atomic E-state index is 9.44. The number of hydrogen-bond acceptors (Lipinski definition) is 6. The van der Waals surface area contributed by atoms with Crippen LogP contribution in [-0.4, -0.2) is 51.5 Å². The van der Waals surface area contributed by atoms with Gasteiger partial charge in [0, 0.05) is 6.92 Å². The molecule has 0 saturated carbocycles. The van der Waals surface area contributed by atoms with Gasteiger partial charge in [0.05, 0.1) is 0 Å². The molecule has 0 rings (SSSR count). The minimum Gasteiger partial charge on any atom is -0.481 e. The standard InChI is InChI=1S/2C3H6O.C2H4O2.3CH3I.2CH5N.H3N/c2*1-3(2)4;1-2(3)4;5*1-2;/h2*1-2H3;1H3,(H,3,4);3*1H3;2*2H2,1H3;1H3. The van der Waals surface area contributed by atoms with Gasteiger partial charge in [-0.2, -0.15) is 0 Å². The molecule has 0 aromatic carbocycles. The lowest BCUT2D eigenvalue weighted by Crippen LogP contribution is -1.78. The third-order valence-corrected chi connectivity index (χ3v) is 0. The summed E-state index contributed by atoms with van der Waals surface area (Å²) in [6, 6.07) is 0. The number of carboxylic acid groups (broad SMARTS) is 1. The molecule has 0 aromatic rings. The smallest absolute Gasteiger partial charge is 0.300 e. The molecule has 0 aliphatic rings. The van der Waals surface area contributed by atoms with Gasteiger partial charge in [0.1, 0.15) is 11.6 Å². The maximum Gasteiger partial charge on any atom is 0.300 e. The summed E-state index contributed by atoms with van der Waals surface area (Å²) in [5, 5.41) is 7.42. The number of carboxylic acids is 1. The number of carbonyl (C=O) groups is 3. The number of halogens is 3. The highest BCUT2D eigenvalue weighted by atomic mass is 127. The van der Waals surface area contributed by atoms with Gasteiger partial charge < -0.3 is 32.3 Å². The molecule has 0 heterocycles. The second-order valence-electron chi connectivity index (χ2n) is 2.34. The molecule has 0 fully saturated rings. The van der Waals surface area contributed by atoms with Crippen molar-refractivity contribution < 1.29 is 19.5 Å². The summed E-state index contributed by atoms with van der Waals surface area (Å²) in [5.74, 6) is -0.500. The van der Waals surface area contributed by atoms with Crippen LogP contribution in [-0.2, 0) is 14.4 Å². The molecular weight excluding hydrogens is 643 g/mol. The van der Waals surface area contributed by atoms with Crippen molar-refractivity contribution in [2.75, 3.05) is 28.9 Å². The molecule has 0 bridgehead atoms. The largest absolute Gasteiger partial charge is 0.481 e. The third kappa shape index (κ3) is 12900. The van der Waals surface area contributed by atoms with Crippen molar-refractivity contribution >= 4 is 85.3 Å². The topological polar surface area (TPSA) is 158 Å². The normalized spacial score (nSPS) is 4.65. The van der Waals surface area contributed by atoms with E-state index in [0.29, 0.717) is 0 Å². The fraction of sp³-hybridized carbons (Fsp3) is 0.769. The zero-order chi connectivity index (χ0) is 20.7. The van der Waals surface area contributed by atoms with Crippen LogP contribution in [0.4, 0.5) is 0 Å². The number of nitrogens with two attached hydrogens (primary N) is 2. The zero-order valence-corrected chi connectivity index (χ0v) is 22.6. The summed E-state index contributed by atoms with van der Waals surface area (Å²) in [5.41, 5.74) is 9.00. The fourth-order valence-electron chi connectivity index (χ4n) is 0. The van der Waals surface area contributed by atoms with Crippen LogP contribution in [0.5, 0.6) is 0 Å². The highest BCUT2D eigenvalue weighted by Crippen LogP contribution is 1.51. The third-order valence-electron chi connectivity index (χ3n) is 0. The Hall–Kier alpha value is 0.880. The van der Waals surface area contributed by atoms with Gasteiger partial charge >= 0.3 is 0 Å². The number of ketones is 2. The van der Waals surface area contributed by atoms with Gasteiger partial charge in [-0.1, -0.05) is 67.8 Å². The minimum absolute atomic E-state index is 0. The van der Waals surface area contributed by atoms with E-state index in [1.54, 1.807) is 0 Å². The summed E-state index contributed by atoms with van der Waals surface area (Å²) in [6.45, 7) is 7.19. The monoisotopic (exact) mass is 681 g/mol. The van der Waals surface area contributed by atoms with Gasteiger partial charge in [0.15, 0.2) is 0 Å². The Bertz CT molecular complexity index is 136. The molecular formula is C13H38I3N3O4. The first-order chi connectivity index (χ1) is 10.2. The van der Waals surface area contributed by atoms with Crippen LogP contribution < -0.4 is 17.6 Å². The van der Waals surface area contributed by atoms with Crippen molar-refractivity contribution in [3.8, 4) is 0 Å². The first-order valence-electron chi connectivity index (χ1n) is 5.62. The molecule has 0 radical (unpaired) electrons. The molecule has 8 N–H and O–H groups in total. The van der Waals surface area contributed by atoms with Crippen molar-refractivity contribution in [2.24, 2.45) is 11.5 Å². The highest BCUT2D eigenvalue weighted by Gasteiger charge is 1.65. The predicted octanol–water partition coefficient (Wildman–Crippen LogP) is 3.75. The van der Waals surface area contributed by atoms with Gasteiger partial charge in [-0.05, 0) is 56.6 Å². The molecule has 0 atom stereocenters. The van der Waals surface area contributed by atoms with Crippen LogP contribution in [0.1, 0.15) is 34.6 Å². The Kier molecular flexibility index (Phi) is 275. The van der Waals surface area contributed by atoms with Gasteiger partial charge in [-0.25, -0.2) is 0 Å². The van der Waals surface area contributed by atoms with Crippen molar-refractivity contribution in [1.29, 1.82) is 0 Å². The lowest BCUT2D eigenvalue weighted by Gasteiger charge is -1.59. The highest BCUT2D eigenvalue weighted by molar-refractivity contribution is 14.1. The molecule has 23 heavy (non-hydrogen) atoms. The number of rotatable bonds is 0. The number of carbonyl (C=O) groups excluding carboxylic acids is 2. The Morgan fingerprint density at radius 1 is 0.609 bits per heavy atom. The second-order valence-corrected chi connectivity index (χ2v) is 2.34. The van der Waals surface area contributed by atoms with Crippen LogP contribution >= 0.6 is 67.8 Å². The molecule has 0 spiro atoms. The summed E-state index contributed by atoms with van der Waals surface area (Å²) in [4.78, 5) is 33.8. The minimum atomic E-state index is -0.833. The number of hydrogen-bond donors (Lipinski definition) is 4. The molecule has 0 amide bonds. The van der Waals surface area contributed by atoms with Crippen LogP contribution in [0.2, 0.25) is 0 Å². The fourth-order valence-corrected chi connectivity index (χ4v) is 0. The van der Waals surface area contributed by atoms with Gasteiger partial charge in [0.2, 0.25) is 0 Å². The van der Waals surface area contributed by atoms with Crippen molar-refractivity contribution in [3.05, 3.63) is 0 Å². The summed E-state index contributed by atoms with van der Waals surface area (Å²) in [6.07, 6.45) is 0. The van der Waals surface area contributed by atoms with E-state index in [1.165, 1.54) is 41.8 Å². The summed E-state index contributed by atoms with van der Waals surface area (Å²) < 4.78 is 0. The van der Waals surface area contributed by atoms with Gasteiger partial charge in [-0.3, -0.25) is 4.79 Å². The average Bonchev–Trinajstić information content (AvgIpc) is 2.47. The van der Waals surface area contributed by atoms with Crippen LogP contribution in [0.3, 0.4) is 0 Å². The van der Waals surface area contributed by atoms with E-state index >= 15 is 0 Å². The van der Waals surface area contributed by atoms with Gasteiger partial charge in [-0.15, -0.1) is 0 Å². The van der Waals surface area contributed by atoms with Crippen molar-refractivity contribution in [3.63, 3.8) is 0 Å². The SMILES string of the molecule is CC(=O)O.CC(C)=O.CC(C)=O.CI.CI.CI.CN.CN.N. The van der Waals surface area contributed by atoms with Crippen LogP contribution in [0, 0.1) is 0 Å². The van der Waals surface area contributed by atoms with Crippen LogP contribution in [0.15, 0.2) is 0 Å². The lowest BCUT2D eigenvalue weighted by molar-refractivity contribution is -0.134.